The number of rotatable bonds is 8. The Morgan fingerprint density at radius 2 is 1.66 bits per heavy atom. The van der Waals surface area contributed by atoms with E-state index in [2.05, 4.69) is 5.32 Å². The summed E-state index contributed by atoms with van der Waals surface area (Å²) in [4.78, 5) is 42.6. The van der Waals surface area contributed by atoms with Crippen LogP contribution in [0.2, 0.25) is 5.02 Å². The number of furan rings is 1. The first-order chi connectivity index (χ1) is 22.3. The SMILES string of the molecule is COc1ccc(-c2oc3c(c2CC(=O)NC2CCN(S(C)(=O)=O)CC2)C(=O)[C@@]2(Oc4c(Cl)c(OC)cc(OC)c4C2=O)[C@H](C)C3)cc1. The lowest BCUT2D eigenvalue weighted by Gasteiger charge is -2.35. The lowest BCUT2D eigenvalue weighted by Crippen LogP contribution is -2.56. The molecule has 0 radical (unpaired) electrons. The van der Waals surface area contributed by atoms with E-state index in [-0.39, 0.29) is 71.3 Å². The number of benzene rings is 2. The molecular formula is C33H35ClN2O10S. The molecule has 2 atom stereocenters. The summed E-state index contributed by atoms with van der Waals surface area (Å²) < 4.78 is 54.1. The van der Waals surface area contributed by atoms with Crippen molar-refractivity contribution in [3.05, 3.63) is 57.8 Å². The van der Waals surface area contributed by atoms with E-state index in [1.165, 1.54) is 24.6 Å². The van der Waals surface area contributed by atoms with Crippen LogP contribution in [0.4, 0.5) is 0 Å². The Morgan fingerprint density at radius 3 is 2.26 bits per heavy atom. The van der Waals surface area contributed by atoms with Gasteiger partial charge in [-0.2, -0.15) is 0 Å². The van der Waals surface area contributed by atoms with Gasteiger partial charge in [0.1, 0.15) is 39.4 Å². The molecule has 3 heterocycles. The number of amides is 1. The van der Waals surface area contributed by atoms with Crippen LogP contribution in [0.15, 0.2) is 34.7 Å². The van der Waals surface area contributed by atoms with Crippen molar-refractivity contribution in [2.75, 3.05) is 40.7 Å². The van der Waals surface area contributed by atoms with Crippen LogP contribution >= 0.6 is 11.6 Å². The minimum atomic E-state index is -3.33. The second-order valence-corrected chi connectivity index (χ2v) is 14.4. The van der Waals surface area contributed by atoms with Crippen LogP contribution < -0.4 is 24.3 Å². The van der Waals surface area contributed by atoms with Crippen molar-refractivity contribution < 1.29 is 46.2 Å². The van der Waals surface area contributed by atoms with Crippen molar-refractivity contribution >= 4 is 39.1 Å². The van der Waals surface area contributed by atoms with Gasteiger partial charge in [-0.05, 0) is 37.1 Å². The molecule has 1 amide bonds. The largest absolute Gasteiger partial charge is 0.497 e. The number of fused-ring (bicyclic) bond motifs is 2. The third-order valence-corrected chi connectivity index (χ3v) is 10.9. The number of hydrogen-bond donors (Lipinski definition) is 1. The molecule has 0 saturated carbocycles. The lowest BCUT2D eigenvalue weighted by molar-refractivity contribution is -0.121. The molecule has 47 heavy (non-hydrogen) atoms. The van der Waals surface area contributed by atoms with Crippen LogP contribution in [0.5, 0.6) is 23.0 Å². The van der Waals surface area contributed by atoms with Gasteiger partial charge in [-0.1, -0.05) is 18.5 Å². The number of carbonyl (C=O) groups is 3. The van der Waals surface area contributed by atoms with E-state index < -0.39 is 33.1 Å². The van der Waals surface area contributed by atoms with Crippen molar-refractivity contribution in [1.29, 1.82) is 0 Å². The summed E-state index contributed by atoms with van der Waals surface area (Å²) in [7, 11) is 1.03. The Bertz CT molecular complexity index is 1880. The predicted molar refractivity (Wildman–Crippen MR) is 171 cm³/mol. The van der Waals surface area contributed by atoms with Crippen LogP contribution in [0, 0.1) is 5.92 Å². The van der Waals surface area contributed by atoms with E-state index in [0.717, 1.165) is 6.26 Å². The minimum Gasteiger partial charge on any atom is -0.497 e. The highest BCUT2D eigenvalue weighted by Gasteiger charge is 2.63. The fourth-order valence-electron chi connectivity index (χ4n) is 6.75. The number of ether oxygens (including phenoxy) is 4. The number of sulfonamides is 1. The van der Waals surface area contributed by atoms with Crippen molar-refractivity contribution in [3.63, 3.8) is 0 Å². The van der Waals surface area contributed by atoms with Gasteiger partial charge in [-0.25, -0.2) is 12.7 Å². The van der Waals surface area contributed by atoms with Gasteiger partial charge in [0.2, 0.25) is 33.1 Å². The van der Waals surface area contributed by atoms with Gasteiger partial charge in [-0.3, -0.25) is 14.4 Å². The number of nitrogens with one attached hydrogen (secondary N) is 1. The Morgan fingerprint density at radius 1 is 1.02 bits per heavy atom. The monoisotopic (exact) mass is 686 g/mol. The van der Waals surface area contributed by atoms with Crippen LogP contribution in [0.1, 0.15) is 51.8 Å². The third kappa shape index (κ3) is 5.43. The van der Waals surface area contributed by atoms with Crippen LogP contribution in [0.3, 0.4) is 0 Å². The summed E-state index contributed by atoms with van der Waals surface area (Å²) in [6, 6.07) is 8.22. The van der Waals surface area contributed by atoms with Gasteiger partial charge in [0.25, 0.3) is 0 Å². The van der Waals surface area contributed by atoms with Crippen LogP contribution in [-0.4, -0.2) is 82.5 Å². The Labute approximate surface area is 277 Å². The first kappa shape index (κ1) is 32.9. The average Bonchev–Trinajstić information content (AvgIpc) is 3.56. The summed E-state index contributed by atoms with van der Waals surface area (Å²) >= 11 is 6.60. The predicted octanol–water partition coefficient (Wildman–Crippen LogP) is 4.10. The quantitative estimate of drug-likeness (QED) is 0.343. The lowest BCUT2D eigenvalue weighted by atomic mass is 9.70. The first-order valence-electron chi connectivity index (χ1n) is 15.1. The molecule has 1 N–H and O–H groups in total. The zero-order chi connectivity index (χ0) is 33.8. The highest BCUT2D eigenvalue weighted by atomic mass is 35.5. The number of methoxy groups -OCH3 is 3. The molecule has 1 spiro atoms. The molecule has 3 aliphatic rings. The van der Waals surface area contributed by atoms with Crippen LogP contribution in [-0.2, 0) is 27.7 Å². The third-order valence-electron chi connectivity index (χ3n) is 9.23. The molecule has 250 valence electrons. The van der Waals surface area contributed by atoms with Gasteiger partial charge >= 0.3 is 0 Å². The Hall–Kier alpha value is -4.07. The van der Waals surface area contributed by atoms with Crippen molar-refractivity contribution in [2.45, 2.75) is 44.2 Å². The molecule has 2 aromatic carbocycles. The second-order valence-electron chi connectivity index (χ2n) is 12.0. The van der Waals surface area contributed by atoms with Crippen molar-refractivity contribution in [2.24, 2.45) is 5.92 Å². The molecule has 2 aliphatic heterocycles. The smallest absolute Gasteiger partial charge is 0.237 e. The first-order valence-corrected chi connectivity index (χ1v) is 17.3. The maximum Gasteiger partial charge on any atom is 0.237 e. The fourth-order valence-corrected chi connectivity index (χ4v) is 7.89. The van der Waals surface area contributed by atoms with E-state index in [4.69, 9.17) is 35.0 Å². The normalized spacial score (nSPS) is 21.3. The van der Waals surface area contributed by atoms with Gasteiger partial charge in [0.05, 0.1) is 39.6 Å². The van der Waals surface area contributed by atoms with E-state index in [1.807, 2.05) is 0 Å². The van der Waals surface area contributed by atoms with Crippen molar-refractivity contribution in [1.82, 2.24) is 9.62 Å². The number of Topliss-reactive ketones (excluding diaryl/α,β-unsaturated/α-hetero) is 2. The van der Waals surface area contributed by atoms with E-state index in [1.54, 1.807) is 38.3 Å². The van der Waals surface area contributed by atoms with E-state index in [9.17, 15) is 22.8 Å². The van der Waals surface area contributed by atoms with Gasteiger partial charge < -0.3 is 28.7 Å². The standard InChI is InChI=1S/C33H35ClN2O10S/c1-17-14-23-26(31(38)33(17)32(39)27-22(43-3)16-24(44-4)28(34)30(27)46-33)21(29(45-23)18-6-8-20(42-2)9-7-18)15-25(37)35-19-10-12-36(13-11-19)47(5,40)41/h6-9,16-17,19H,10-15H2,1-5H3,(H,35,37)/t17-,33+/m1/s1. The highest BCUT2D eigenvalue weighted by molar-refractivity contribution is 7.88. The summed E-state index contributed by atoms with van der Waals surface area (Å²) in [5.74, 6) is -0.662. The molecule has 0 bridgehead atoms. The molecule has 1 fully saturated rings. The zero-order valence-electron chi connectivity index (χ0n) is 26.6. The number of nitrogens with zero attached hydrogens (tertiary/aromatic N) is 1. The number of piperidine rings is 1. The summed E-state index contributed by atoms with van der Waals surface area (Å²) in [6.45, 7) is 2.31. The highest BCUT2D eigenvalue weighted by Crippen LogP contribution is 2.54. The molecule has 12 nitrogen and oxygen atoms in total. The second kappa shape index (κ2) is 12.2. The summed E-state index contributed by atoms with van der Waals surface area (Å²) in [5.41, 5.74) is -0.908. The summed E-state index contributed by atoms with van der Waals surface area (Å²) in [6.07, 6.45) is 1.98. The van der Waals surface area contributed by atoms with Gasteiger partial charge in [0, 0.05) is 48.7 Å². The number of hydrogen-bond acceptors (Lipinski definition) is 10. The van der Waals surface area contributed by atoms with E-state index in [0.29, 0.717) is 41.2 Å². The van der Waals surface area contributed by atoms with Crippen molar-refractivity contribution in [3.8, 4) is 34.3 Å². The number of halogens is 1. The molecule has 1 saturated heterocycles. The number of ketones is 2. The maximum absolute atomic E-state index is 14.7. The molecule has 0 unspecified atom stereocenters. The van der Waals surface area contributed by atoms with Gasteiger partial charge in [-0.15, -0.1) is 0 Å². The number of carbonyl (C=O) groups excluding carboxylic acids is 3. The molecule has 6 rings (SSSR count). The zero-order valence-corrected chi connectivity index (χ0v) is 28.2. The molecule has 3 aromatic rings. The summed E-state index contributed by atoms with van der Waals surface area (Å²) in [5, 5.41) is 3.03. The Kier molecular flexibility index (Phi) is 8.52. The molecular weight excluding hydrogens is 652 g/mol. The van der Waals surface area contributed by atoms with Gasteiger partial charge in [0.15, 0.2) is 5.75 Å². The molecule has 1 aliphatic carbocycles. The average molecular weight is 687 g/mol. The van der Waals surface area contributed by atoms with E-state index >= 15 is 0 Å². The fraction of sp³-hybridized carbons (Fsp3) is 0.424. The molecule has 1 aromatic heterocycles. The topological polar surface area (TPSA) is 151 Å². The Balaban J connectivity index is 1.39. The van der Waals surface area contributed by atoms with Crippen LogP contribution in [0.25, 0.3) is 11.3 Å². The molecule has 14 heteroatoms. The maximum atomic E-state index is 14.7. The minimum absolute atomic E-state index is 0.00452.